The molecule has 2 rings (SSSR count). The summed E-state index contributed by atoms with van der Waals surface area (Å²) < 4.78 is 19.4. The van der Waals surface area contributed by atoms with E-state index < -0.39 is 6.10 Å². The Morgan fingerprint density at radius 2 is 2.05 bits per heavy atom. The lowest BCUT2D eigenvalue weighted by molar-refractivity contribution is 0.117. The van der Waals surface area contributed by atoms with Crippen molar-refractivity contribution in [3.8, 4) is 5.75 Å². The molecule has 1 atom stereocenters. The summed E-state index contributed by atoms with van der Waals surface area (Å²) in [7, 11) is 0. The quantitative estimate of drug-likeness (QED) is 0.830. The van der Waals surface area contributed by atoms with Crippen LogP contribution in [0.5, 0.6) is 5.75 Å². The van der Waals surface area contributed by atoms with E-state index in [0.717, 1.165) is 15.8 Å². The zero-order valence-corrected chi connectivity index (χ0v) is 13.2. The summed E-state index contributed by atoms with van der Waals surface area (Å²) in [6.07, 6.45) is -0.695. The van der Waals surface area contributed by atoms with Gasteiger partial charge in [0.05, 0.1) is 5.69 Å². The van der Waals surface area contributed by atoms with Crippen LogP contribution in [0.3, 0.4) is 0 Å². The Labute approximate surface area is 131 Å². The van der Waals surface area contributed by atoms with Crippen LogP contribution in [-0.4, -0.2) is 24.4 Å². The summed E-state index contributed by atoms with van der Waals surface area (Å²) in [5, 5.41) is 12.9. The van der Waals surface area contributed by atoms with Crippen LogP contribution in [0, 0.1) is 12.7 Å². The standard InChI is InChI=1S/C16H17BrFNO2/c1-11-4-2-3-5-16(11)21-10-13(20)9-19-15-8-12(18)6-7-14(15)17/h2-8,13,19-20H,9-10H2,1H3. The molecule has 0 aliphatic rings. The smallest absolute Gasteiger partial charge is 0.125 e. The Kier molecular flexibility index (Phi) is 5.59. The molecular formula is C16H17BrFNO2. The zero-order chi connectivity index (χ0) is 15.2. The molecule has 3 nitrogen and oxygen atoms in total. The van der Waals surface area contributed by atoms with Crippen molar-refractivity contribution in [1.82, 2.24) is 0 Å². The summed E-state index contributed by atoms with van der Waals surface area (Å²) in [6, 6.07) is 12.0. The van der Waals surface area contributed by atoms with Gasteiger partial charge in [0.25, 0.3) is 0 Å². The second-order valence-corrected chi connectivity index (χ2v) is 5.59. The average Bonchev–Trinajstić information content (AvgIpc) is 2.47. The third-order valence-corrected chi connectivity index (χ3v) is 3.67. The lowest BCUT2D eigenvalue weighted by Crippen LogP contribution is -2.26. The minimum atomic E-state index is -0.695. The van der Waals surface area contributed by atoms with E-state index in [1.807, 2.05) is 31.2 Å². The minimum Gasteiger partial charge on any atom is -0.491 e. The fourth-order valence-electron chi connectivity index (χ4n) is 1.82. The first-order valence-corrected chi connectivity index (χ1v) is 7.41. The van der Waals surface area contributed by atoms with Crippen LogP contribution in [0.1, 0.15) is 5.56 Å². The number of aliphatic hydroxyl groups is 1. The van der Waals surface area contributed by atoms with E-state index in [4.69, 9.17) is 4.74 Å². The van der Waals surface area contributed by atoms with Crippen molar-refractivity contribution in [2.24, 2.45) is 0 Å². The van der Waals surface area contributed by atoms with Gasteiger partial charge in [-0.1, -0.05) is 18.2 Å². The van der Waals surface area contributed by atoms with Crippen LogP contribution in [-0.2, 0) is 0 Å². The van der Waals surface area contributed by atoms with Gasteiger partial charge in [0.1, 0.15) is 24.3 Å². The predicted octanol–water partition coefficient (Wildman–Crippen LogP) is 3.75. The van der Waals surface area contributed by atoms with Gasteiger partial charge in [0, 0.05) is 11.0 Å². The molecule has 5 heteroatoms. The fraction of sp³-hybridized carbons (Fsp3) is 0.250. The molecule has 0 aromatic heterocycles. The van der Waals surface area contributed by atoms with Crippen LogP contribution in [0.4, 0.5) is 10.1 Å². The highest BCUT2D eigenvalue weighted by atomic mass is 79.9. The third-order valence-electron chi connectivity index (χ3n) is 2.98. The molecule has 112 valence electrons. The van der Waals surface area contributed by atoms with Gasteiger partial charge in [0.15, 0.2) is 0 Å². The first kappa shape index (κ1) is 15.8. The van der Waals surface area contributed by atoms with Crippen LogP contribution in [0.25, 0.3) is 0 Å². The van der Waals surface area contributed by atoms with Crippen molar-refractivity contribution >= 4 is 21.6 Å². The molecular weight excluding hydrogens is 337 g/mol. The lowest BCUT2D eigenvalue weighted by Gasteiger charge is -2.15. The van der Waals surface area contributed by atoms with Crippen molar-refractivity contribution in [3.63, 3.8) is 0 Å². The van der Waals surface area contributed by atoms with Crippen molar-refractivity contribution in [1.29, 1.82) is 0 Å². The maximum Gasteiger partial charge on any atom is 0.125 e. The molecule has 1 unspecified atom stereocenters. The highest BCUT2D eigenvalue weighted by Crippen LogP contribution is 2.23. The number of para-hydroxylation sites is 1. The lowest BCUT2D eigenvalue weighted by atomic mass is 10.2. The van der Waals surface area contributed by atoms with Crippen molar-refractivity contribution in [2.45, 2.75) is 13.0 Å². The Morgan fingerprint density at radius 1 is 1.29 bits per heavy atom. The normalized spacial score (nSPS) is 12.0. The number of hydrogen-bond donors (Lipinski definition) is 2. The Morgan fingerprint density at radius 3 is 2.81 bits per heavy atom. The Bertz CT molecular complexity index is 607. The van der Waals surface area contributed by atoms with E-state index in [1.54, 1.807) is 6.07 Å². The third kappa shape index (κ3) is 4.72. The first-order chi connectivity index (χ1) is 10.1. The summed E-state index contributed by atoms with van der Waals surface area (Å²) in [5.74, 6) is 0.426. The van der Waals surface area contributed by atoms with Crippen molar-refractivity contribution in [3.05, 3.63) is 58.3 Å². The molecule has 0 fully saturated rings. The number of ether oxygens (including phenoxy) is 1. The molecule has 0 bridgehead atoms. The summed E-state index contributed by atoms with van der Waals surface area (Å²) in [6.45, 7) is 2.39. The Hall–Kier alpha value is -1.59. The number of rotatable bonds is 6. The van der Waals surface area contributed by atoms with Crippen molar-refractivity contribution < 1.29 is 14.2 Å². The van der Waals surface area contributed by atoms with Gasteiger partial charge in [-0.15, -0.1) is 0 Å². The predicted molar refractivity (Wildman–Crippen MR) is 85.3 cm³/mol. The topological polar surface area (TPSA) is 41.5 Å². The maximum atomic E-state index is 13.1. The average molecular weight is 354 g/mol. The zero-order valence-electron chi connectivity index (χ0n) is 11.6. The van der Waals surface area contributed by atoms with Crippen LogP contribution >= 0.6 is 15.9 Å². The van der Waals surface area contributed by atoms with E-state index in [1.165, 1.54) is 12.1 Å². The number of halogens is 2. The van der Waals surface area contributed by atoms with E-state index in [0.29, 0.717) is 5.69 Å². The molecule has 0 saturated heterocycles. The van der Waals surface area contributed by atoms with Gasteiger partial charge >= 0.3 is 0 Å². The van der Waals surface area contributed by atoms with Crippen LogP contribution in [0.15, 0.2) is 46.9 Å². The molecule has 2 N–H and O–H groups in total. The number of benzene rings is 2. The van der Waals surface area contributed by atoms with E-state index >= 15 is 0 Å². The van der Waals surface area contributed by atoms with Gasteiger partial charge in [-0.3, -0.25) is 0 Å². The first-order valence-electron chi connectivity index (χ1n) is 6.61. The number of nitrogens with one attached hydrogen (secondary N) is 1. The molecule has 0 heterocycles. The summed E-state index contributed by atoms with van der Waals surface area (Å²) in [5.41, 5.74) is 1.62. The highest BCUT2D eigenvalue weighted by Gasteiger charge is 2.08. The van der Waals surface area contributed by atoms with Crippen LogP contribution in [0.2, 0.25) is 0 Å². The summed E-state index contributed by atoms with van der Waals surface area (Å²) in [4.78, 5) is 0. The Balaban J connectivity index is 1.84. The molecule has 0 saturated carbocycles. The SMILES string of the molecule is Cc1ccccc1OCC(O)CNc1cc(F)ccc1Br. The van der Waals surface area contributed by atoms with Gasteiger partial charge in [-0.05, 0) is 52.7 Å². The number of aliphatic hydroxyl groups excluding tert-OH is 1. The van der Waals surface area contributed by atoms with Crippen molar-refractivity contribution in [2.75, 3.05) is 18.5 Å². The second-order valence-electron chi connectivity index (χ2n) is 4.74. The van der Waals surface area contributed by atoms with Gasteiger partial charge < -0.3 is 15.2 Å². The van der Waals surface area contributed by atoms with Gasteiger partial charge in [-0.2, -0.15) is 0 Å². The molecule has 2 aromatic rings. The molecule has 0 aliphatic carbocycles. The number of anilines is 1. The van der Waals surface area contributed by atoms with E-state index in [-0.39, 0.29) is 19.0 Å². The molecule has 0 radical (unpaired) electrons. The van der Waals surface area contributed by atoms with E-state index in [9.17, 15) is 9.50 Å². The molecule has 0 aliphatic heterocycles. The monoisotopic (exact) mass is 353 g/mol. The maximum absolute atomic E-state index is 13.1. The molecule has 0 amide bonds. The van der Waals surface area contributed by atoms with Gasteiger partial charge in [-0.25, -0.2) is 4.39 Å². The van der Waals surface area contributed by atoms with Crippen LogP contribution < -0.4 is 10.1 Å². The second kappa shape index (κ2) is 7.43. The molecule has 0 spiro atoms. The largest absolute Gasteiger partial charge is 0.491 e. The fourth-order valence-corrected chi connectivity index (χ4v) is 2.21. The van der Waals surface area contributed by atoms with Gasteiger partial charge in [0.2, 0.25) is 0 Å². The number of hydrogen-bond acceptors (Lipinski definition) is 3. The number of aryl methyl sites for hydroxylation is 1. The van der Waals surface area contributed by atoms with E-state index in [2.05, 4.69) is 21.2 Å². The minimum absolute atomic E-state index is 0.171. The summed E-state index contributed by atoms with van der Waals surface area (Å²) >= 11 is 3.32. The highest BCUT2D eigenvalue weighted by molar-refractivity contribution is 9.10. The molecule has 21 heavy (non-hydrogen) atoms. The molecule has 2 aromatic carbocycles.